The maximum Gasteiger partial charge on any atom is 0.336 e. The zero-order valence-corrected chi connectivity index (χ0v) is 8.98. The Balaban J connectivity index is 3.29. The van der Waals surface area contributed by atoms with E-state index in [0.717, 1.165) is 0 Å². The lowest BCUT2D eigenvalue weighted by Crippen LogP contribution is -2.23. The van der Waals surface area contributed by atoms with Gasteiger partial charge in [0.2, 0.25) is 0 Å². The number of carboxylic acids is 1. The van der Waals surface area contributed by atoms with Gasteiger partial charge in [0, 0.05) is 6.61 Å². The van der Waals surface area contributed by atoms with Crippen LogP contribution in [0.2, 0.25) is 0 Å². The van der Waals surface area contributed by atoms with Gasteiger partial charge in [-0.25, -0.2) is 4.79 Å². The topological polar surface area (TPSA) is 65.0 Å². The Morgan fingerprint density at radius 2 is 1.93 bits per heavy atom. The molecule has 0 aliphatic heterocycles. The van der Waals surface area contributed by atoms with Crippen LogP contribution >= 0.6 is 0 Å². The normalized spacial score (nSPS) is 12.3. The van der Waals surface area contributed by atoms with Gasteiger partial charge < -0.3 is 19.3 Å². The number of hydrogen-bond acceptors (Lipinski definition) is 4. The molecule has 0 aromatic rings. The van der Waals surface area contributed by atoms with E-state index >= 15 is 0 Å². The average molecular weight is 218 g/mol. The van der Waals surface area contributed by atoms with Gasteiger partial charge in [-0.15, -0.1) is 0 Å². The summed E-state index contributed by atoms with van der Waals surface area (Å²) in [4.78, 5) is 10.5. The van der Waals surface area contributed by atoms with E-state index in [9.17, 15) is 4.79 Å². The van der Waals surface area contributed by atoms with E-state index in [0.29, 0.717) is 26.4 Å². The summed E-state index contributed by atoms with van der Waals surface area (Å²) in [5, 5.41) is 8.59. The average Bonchev–Trinajstić information content (AvgIpc) is 2.21. The van der Waals surface area contributed by atoms with E-state index in [4.69, 9.17) is 19.3 Å². The molecule has 5 nitrogen and oxygen atoms in total. The predicted molar refractivity (Wildman–Crippen MR) is 54.9 cm³/mol. The minimum atomic E-state index is -1.04. The molecule has 0 saturated carbocycles. The first kappa shape index (κ1) is 14.1. The first-order chi connectivity index (χ1) is 7.22. The Morgan fingerprint density at radius 3 is 2.47 bits per heavy atom. The van der Waals surface area contributed by atoms with Gasteiger partial charge in [-0.3, -0.25) is 0 Å². The van der Waals surface area contributed by atoms with Gasteiger partial charge in [0.15, 0.2) is 6.10 Å². The van der Waals surface area contributed by atoms with Gasteiger partial charge in [-0.2, -0.15) is 0 Å². The van der Waals surface area contributed by atoms with E-state index in [1.807, 2.05) is 6.92 Å². The molecule has 0 bridgehead atoms. The van der Waals surface area contributed by atoms with Crippen molar-refractivity contribution in [2.75, 3.05) is 33.0 Å². The number of ether oxygens (including phenoxy) is 3. The van der Waals surface area contributed by atoms with Crippen molar-refractivity contribution in [3.8, 4) is 0 Å². The molecule has 0 rings (SSSR count). The highest BCUT2D eigenvalue weighted by Crippen LogP contribution is 1.93. The molecular formula is C10H18O5. The zero-order chi connectivity index (χ0) is 11.5. The molecule has 0 fully saturated rings. The van der Waals surface area contributed by atoms with Crippen LogP contribution in [-0.4, -0.2) is 50.2 Å². The molecule has 5 heteroatoms. The van der Waals surface area contributed by atoms with Crippen LogP contribution in [0.3, 0.4) is 0 Å². The van der Waals surface area contributed by atoms with E-state index in [2.05, 4.69) is 6.58 Å². The summed E-state index contributed by atoms with van der Waals surface area (Å²) in [6.07, 6.45) is 0.281. The minimum Gasteiger partial charge on any atom is -0.479 e. The smallest absolute Gasteiger partial charge is 0.336 e. The summed E-state index contributed by atoms with van der Waals surface area (Å²) in [5.74, 6) is -1.04. The Morgan fingerprint density at radius 1 is 1.33 bits per heavy atom. The van der Waals surface area contributed by atoms with Gasteiger partial charge in [0.25, 0.3) is 0 Å². The molecule has 1 N–H and O–H groups in total. The fourth-order valence-corrected chi connectivity index (χ4v) is 0.838. The van der Waals surface area contributed by atoms with Crippen LogP contribution in [0.1, 0.15) is 6.92 Å². The molecule has 0 aromatic carbocycles. The van der Waals surface area contributed by atoms with Crippen molar-refractivity contribution in [3.63, 3.8) is 0 Å². The van der Waals surface area contributed by atoms with Crippen molar-refractivity contribution < 1.29 is 24.1 Å². The van der Waals surface area contributed by atoms with Crippen molar-refractivity contribution in [2.45, 2.75) is 13.0 Å². The van der Waals surface area contributed by atoms with Gasteiger partial charge in [-0.05, 0) is 6.92 Å². The predicted octanol–water partition coefficient (Wildman–Crippen LogP) is 0.695. The molecule has 88 valence electrons. The summed E-state index contributed by atoms with van der Waals surface area (Å²) in [6, 6.07) is 0. The quantitative estimate of drug-likeness (QED) is 0.432. The highest BCUT2D eigenvalue weighted by atomic mass is 16.6. The molecule has 1 atom stereocenters. The molecule has 15 heavy (non-hydrogen) atoms. The largest absolute Gasteiger partial charge is 0.479 e. The lowest BCUT2D eigenvalue weighted by Gasteiger charge is -2.09. The lowest BCUT2D eigenvalue weighted by molar-refractivity contribution is -0.147. The third-order valence-corrected chi connectivity index (χ3v) is 1.56. The number of hydrogen-bond donors (Lipinski definition) is 1. The van der Waals surface area contributed by atoms with E-state index in [1.165, 1.54) is 6.08 Å². The lowest BCUT2D eigenvalue weighted by atomic mass is 10.3. The Kier molecular flexibility index (Phi) is 9.05. The van der Waals surface area contributed by atoms with Crippen LogP contribution in [0.15, 0.2) is 12.7 Å². The standard InChI is InChI=1S/C10H18O5/c1-3-9(10(11)12)15-8-7-14-6-5-13-4-2/h3,9H,1,4-8H2,2H3,(H,11,12). The molecular weight excluding hydrogens is 200 g/mol. The summed E-state index contributed by atoms with van der Waals surface area (Å²) in [7, 11) is 0. The van der Waals surface area contributed by atoms with E-state index in [1.54, 1.807) is 0 Å². The molecule has 0 amide bonds. The third kappa shape index (κ3) is 8.11. The van der Waals surface area contributed by atoms with Gasteiger partial charge in [-0.1, -0.05) is 12.7 Å². The number of carboxylic acid groups (broad SMARTS) is 1. The summed E-state index contributed by atoms with van der Waals surface area (Å²) in [6.45, 7) is 7.54. The molecule has 0 aromatic heterocycles. The molecule has 0 aliphatic carbocycles. The Labute approximate surface area is 89.6 Å². The molecule has 0 saturated heterocycles. The number of rotatable bonds is 10. The zero-order valence-electron chi connectivity index (χ0n) is 8.98. The molecule has 0 radical (unpaired) electrons. The second-order valence-corrected chi connectivity index (χ2v) is 2.67. The van der Waals surface area contributed by atoms with Gasteiger partial charge >= 0.3 is 5.97 Å². The van der Waals surface area contributed by atoms with Crippen LogP contribution in [0.4, 0.5) is 0 Å². The fraction of sp³-hybridized carbons (Fsp3) is 0.700. The van der Waals surface area contributed by atoms with Crippen LogP contribution < -0.4 is 0 Å². The highest BCUT2D eigenvalue weighted by Gasteiger charge is 2.12. The maximum absolute atomic E-state index is 10.5. The van der Waals surface area contributed by atoms with Crippen molar-refractivity contribution in [1.82, 2.24) is 0 Å². The minimum absolute atomic E-state index is 0.231. The summed E-state index contributed by atoms with van der Waals surface area (Å²) in [5.41, 5.74) is 0. The summed E-state index contributed by atoms with van der Waals surface area (Å²) >= 11 is 0. The van der Waals surface area contributed by atoms with Gasteiger partial charge in [0.05, 0.1) is 26.4 Å². The van der Waals surface area contributed by atoms with Crippen molar-refractivity contribution in [2.24, 2.45) is 0 Å². The Hall–Kier alpha value is -0.910. The first-order valence-electron chi connectivity index (χ1n) is 4.84. The maximum atomic E-state index is 10.5. The van der Waals surface area contributed by atoms with Crippen LogP contribution in [0, 0.1) is 0 Å². The molecule has 0 heterocycles. The second-order valence-electron chi connectivity index (χ2n) is 2.67. The van der Waals surface area contributed by atoms with Crippen molar-refractivity contribution in [3.05, 3.63) is 12.7 Å². The second kappa shape index (κ2) is 9.64. The number of aliphatic carboxylic acids is 1. The van der Waals surface area contributed by atoms with Crippen LogP contribution in [0.5, 0.6) is 0 Å². The van der Waals surface area contributed by atoms with Gasteiger partial charge in [0.1, 0.15) is 0 Å². The van der Waals surface area contributed by atoms with Crippen molar-refractivity contribution >= 4 is 5.97 Å². The molecule has 0 spiro atoms. The fourth-order valence-electron chi connectivity index (χ4n) is 0.838. The molecule has 0 aliphatic rings. The SMILES string of the molecule is C=CC(OCCOCCOCC)C(=O)O. The first-order valence-corrected chi connectivity index (χ1v) is 4.84. The number of carbonyl (C=O) groups is 1. The monoisotopic (exact) mass is 218 g/mol. The highest BCUT2D eigenvalue weighted by molar-refractivity contribution is 5.74. The van der Waals surface area contributed by atoms with Crippen molar-refractivity contribution in [1.29, 1.82) is 0 Å². The third-order valence-electron chi connectivity index (χ3n) is 1.56. The summed E-state index contributed by atoms with van der Waals surface area (Å²) < 4.78 is 15.2. The Bertz CT molecular complexity index is 181. The van der Waals surface area contributed by atoms with E-state index < -0.39 is 12.1 Å². The van der Waals surface area contributed by atoms with Crippen LogP contribution in [0.25, 0.3) is 0 Å². The van der Waals surface area contributed by atoms with Crippen LogP contribution in [-0.2, 0) is 19.0 Å². The van der Waals surface area contributed by atoms with E-state index in [-0.39, 0.29) is 6.61 Å². The molecule has 1 unspecified atom stereocenters.